The Hall–Kier alpha value is -2.05. The highest BCUT2D eigenvalue weighted by atomic mass is 35.5. The van der Waals surface area contributed by atoms with Gasteiger partial charge in [0.1, 0.15) is 0 Å². The number of anilines is 1. The molecule has 2 rings (SSSR count). The van der Waals surface area contributed by atoms with Crippen LogP contribution in [0.25, 0.3) is 0 Å². The number of hydrogen-bond donors (Lipinski definition) is 2. The summed E-state index contributed by atoms with van der Waals surface area (Å²) in [6.45, 7) is 6.22. The normalized spacial score (nSPS) is 11.4. The lowest BCUT2D eigenvalue weighted by atomic mass is 10.2. The Balaban J connectivity index is 2.26. The number of carbonyl (C=O) groups is 1. The minimum atomic E-state index is -3.83. The van der Waals surface area contributed by atoms with Crippen LogP contribution in [0.3, 0.4) is 0 Å². The smallest absolute Gasteiger partial charge is 0.261 e. The molecule has 134 valence electrons. The number of benzene rings is 2. The van der Waals surface area contributed by atoms with Crippen LogP contribution in [0, 0.1) is 12.8 Å². The van der Waals surface area contributed by atoms with E-state index < -0.39 is 10.0 Å². The van der Waals surface area contributed by atoms with Crippen molar-refractivity contribution in [2.75, 3.05) is 11.3 Å². The number of halogens is 1. The zero-order valence-electron chi connectivity index (χ0n) is 14.3. The largest absolute Gasteiger partial charge is 0.352 e. The summed E-state index contributed by atoms with van der Waals surface area (Å²) in [7, 11) is -3.83. The van der Waals surface area contributed by atoms with E-state index in [0.29, 0.717) is 34.3 Å². The fraction of sp³-hybridized carbons (Fsp3) is 0.278. The van der Waals surface area contributed by atoms with Gasteiger partial charge in [-0.3, -0.25) is 9.52 Å². The molecule has 0 radical (unpaired) electrons. The number of hydrogen-bond acceptors (Lipinski definition) is 3. The maximum Gasteiger partial charge on any atom is 0.261 e. The van der Waals surface area contributed by atoms with Gasteiger partial charge in [0.05, 0.1) is 10.6 Å². The van der Waals surface area contributed by atoms with E-state index in [0.717, 1.165) is 0 Å². The minimum Gasteiger partial charge on any atom is -0.352 e. The molecule has 2 N–H and O–H groups in total. The van der Waals surface area contributed by atoms with Gasteiger partial charge >= 0.3 is 0 Å². The van der Waals surface area contributed by atoms with Crippen molar-refractivity contribution in [3.63, 3.8) is 0 Å². The van der Waals surface area contributed by atoms with E-state index in [9.17, 15) is 13.2 Å². The van der Waals surface area contributed by atoms with Crippen molar-refractivity contribution in [3.8, 4) is 0 Å². The van der Waals surface area contributed by atoms with Crippen LogP contribution in [0.5, 0.6) is 0 Å². The summed E-state index contributed by atoms with van der Waals surface area (Å²) >= 11 is 6.03. The van der Waals surface area contributed by atoms with E-state index in [1.807, 2.05) is 13.8 Å². The quantitative estimate of drug-likeness (QED) is 0.799. The van der Waals surface area contributed by atoms with Crippen molar-refractivity contribution >= 4 is 33.2 Å². The van der Waals surface area contributed by atoms with E-state index >= 15 is 0 Å². The molecule has 2 aromatic rings. The maximum absolute atomic E-state index is 12.6. The highest BCUT2D eigenvalue weighted by Gasteiger charge is 2.18. The van der Waals surface area contributed by atoms with Gasteiger partial charge in [-0.1, -0.05) is 37.6 Å². The summed E-state index contributed by atoms with van der Waals surface area (Å²) in [5, 5.41) is 3.25. The van der Waals surface area contributed by atoms with E-state index in [1.54, 1.807) is 37.3 Å². The van der Waals surface area contributed by atoms with Gasteiger partial charge in [0.15, 0.2) is 0 Å². The average Bonchev–Trinajstić information content (AvgIpc) is 2.57. The molecule has 25 heavy (non-hydrogen) atoms. The minimum absolute atomic E-state index is 0.0177. The predicted molar refractivity (Wildman–Crippen MR) is 101 cm³/mol. The Morgan fingerprint density at radius 1 is 1.16 bits per heavy atom. The molecule has 0 saturated carbocycles. The molecule has 0 aliphatic rings. The van der Waals surface area contributed by atoms with Gasteiger partial charge in [-0.15, -0.1) is 0 Å². The van der Waals surface area contributed by atoms with Crippen LogP contribution in [0.1, 0.15) is 29.8 Å². The second-order valence-corrected chi connectivity index (χ2v) is 8.24. The molecule has 0 spiro atoms. The van der Waals surface area contributed by atoms with Gasteiger partial charge in [0.2, 0.25) is 0 Å². The lowest BCUT2D eigenvalue weighted by Crippen LogP contribution is -2.27. The molecule has 1 amide bonds. The van der Waals surface area contributed by atoms with Crippen LogP contribution in [0.2, 0.25) is 5.02 Å². The van der Waals surface area contributed by atoms with Gasteiger partial charge in [-0.05, 0) is 48.7 Å². The highest BCUT2D eigenvalue weighted by molar-refractivity contribution is 7.92. The standard InChI is InChI=1S/C18H21ClN2O3S/c1-12(2)11-20-18(22)14-6-4-7-15(10-14)25(23,24)21-17-9-5-8-16(19)13(17)3/h4-10,12,21H,11H2,1-3H3,(H,20,22). The van der Waals surface area contributed by atoms with Crippen LogP contribution in [0.4, 0.5) is 5.69 Å². The molecule has 7 heteroatoms. The fourth-order valence-electron chi connectivity index (χ4n) is 2.13. The van der Waals surface area contributed by atoms with Crippen LogP contribution >= 0.6 is 11.6 Å². The molecular weight excluding hydrogens is 360 g/mol. The predicted octanol–water partition coefficient (Wildman–Crippen LogP) is 3.84. The molecule has 0 aromatic heterocycles. The first-order valence-corrected chi connectivity index (χ1v) is 9.73. The van der Waals surface area contributed by atoms with Crippen molar-refractivity contribution in [3.05, 3.63) is 58.6 Å². The molecule has 0 bridgehead atoms. The summed E-state index contributed by atoms with van der Waals surface area (Å²) in [6, 6.07) is 10.9. The van der Waals surface area contributed by atoms with Crippen molar-refractivity contribution < 1.29 is 13.2 Å². The first-order valence-electron chi connectivity index (χ1n) is 7.87. The van der Waals surface area contributed by atoms with Crippen LogP contribution in [0.15, 0.2) is 47.4 Å². The molecule has 2 aromatic carbocycles. The molecular formula is C18H21ClN2O3S. The number of amides is 1. The summed E-state index contributed by atoms with van der Waals surface area (Å²) < 4.78 is 27.8. The molecule has 0 unspecified atom stereocenters. The van der Waals surface area contributed by atoms with Crippen LogP contribution in [-0.2, 0) is 10.0 Å². The van der Waals surface area contributed by atoms with Crippen molar-refractivity contribution in [1.29, 1.82) is 0 Å². The number of carbonyl (C=O) groups excluding carboxylic acids is 1. The maximum atomic E-state index is 12.6. The van der Waals surface area contributed by atoms with Gasteiger partial charge in [-0.2, -0.15) is 0 Å². The van der Waals surface area contributed by atoms with Crippen molar-refractivity contribution in [1.82, 2.24) is 5.32 Å². The molecule has 0 saturated heterocycles. The first kappa shape index (κ1) is 19.3. The third kappa shape index (κ3) is 4.96. The third-order valence-corrected chi connectivity index (χ3v) is 5.36. The molecule has 0 atom stereocenters. The second kappa shape index (κ2) is 7.89. The molecule has 0 aliphatic carbocycles. The summed E-state index contributed by atoms with van der Waals surface area (Å²) in [4.78, 5) is 12.2. The first-order chi connectivity index (χ1) is 11.7. The van der Waals surface area contributed by atoms with Gasteiger partial charge in [-0.25, -0.2) is 8.42 Å². The van der Waals surface area contributed by atoms with Crippen LogP contribution in [-0.4, -0.2) is 20.9 Å². The Morgan fingerprint density at radius 3 is 2.52 bits per heavy atom. The summed E-state index contributed by atoms with van der Waals surface area (Å²) in [5.41, 5.74) is 1.34. The average molecular weight is 381 g/mol. The van der Waals surface area contributed by atoms with E-state index in [2.05, 4.69) is 10.0 Å². The van der Waals surface area contributed by atoms with E-state index in [-0.39, 0.29) is 10.8 Å². The highest BCUT2D eigenvalue weighted by Crippen LogP contribution is 2.25. The van der Waals surface area contributed by atoms with Crippen molar-refractivity contribution in [2.24, 2.45) is 5.92 Å². The third-order valence-electron chi connectivity index (χ3n) is 3.59. The topological polar surface area (TPSA) is 75.3 Å². The lowest BCUT2D eigenvalue weighted by Gasteiger charge is -2.12. The Morgan fingerprint density at radius 2 is 1.84 bits per heavy atom. The SMILES string of the molecule is Cc1c(Cl)cccc1NS(=O)(=O)c1cccc(C(=O)NCC(C)C)c1. The Bertz CT molecular complexity index is 880. The zero-order valence-corrected chi connectivity index (χ0v) is 15.9. The summed E-state index contributed by atoms with van der Waals surface area (Å²) in [5.74, 6) is 0.00743. The Labute approximate surface area is 153 Å². The van der Waals surface area contributed by atoms with Crippen molar-refractivity contribution in [2.45, 2.75) is 25.7 Å². The zero-order chi connectivity index (χ0) is 18.6. The van der Waals surface area contributed by atoms with Crippen LogP contribution < -0.4 is 10.0 Å². The lowest BCUT2D eigenvalue weighted by molar-refractivity contribution is 0.0949. The number of rotatable bonds is 6. The van der Waals surface area contributed by atoms with Gasteiger partial charge < -0.3 is 5.32 Å². The van der Waals surface area contributed by atoms with E-state index in [4.69, 9.17) is 11.6 Å². The fourth-order valence-corrected chi connectivity index (χ4v) is 3.47. The molecule has 0 heterocycles. The van der Waals surface area contributed by atoms with Gasteiger partial charge in [0, 0.05) is 17.1 Å². The summed E-state index contributed by atoms with van der Waals surface area (Å²) in [6.07, 6.45) is 0. The molecule has 0 aliphatic heterocycles. The van der Waals surface area contributed by atoms with E-state index in [1.165, 1.54) is 12.1 Å². The molecule has 0 fully saturated rings. The Kier molecular flexibility index (Phi) is 6.08. The number of nitrogens with one attached hydrogen (secondary N) is 2. The monoisotopic (exact) mass is 380 g/mol. The second-order valence-electron chi connectivity index (χ2n) is 6.15. The molecule has 5 nitrogen and oxygen atoms in total. The van der Waals surface area contributed by atoms with Gasteiger partial charge in [0.25, 0.3) is 15.9 Å². The number of sulfonamides is 1.